The zero-order valence-electron chi connectivity index (χ0n) is 10.6. The zero-order chi connectivity index (χ0) is 12.4. The number of rotatable bonds is 3. The van der Waals surface area contributed by atoms with Crippen LogP contribution in [0, 0.1) is 5.92 Å². The Bertz CT molecular complexity index is 390. The van der Waals surface area contributed by atoms with Crippen molar-refractivity contribution in [2.24, 2.45) is 11.7 Å². The van der Waals surface area contributed by atoms with Crippen molar-refractivity contribution in [3.63, 3.8) is 0 Å². The Morgan fingerprint density at radius 1 is 1.47 bits per heavy atom. The largest absolute Gasteiger partial charge is 0.368 e. The molecule has 1 aromatic rings. The number of anilines is 1. The average Bonchev–Trinajstić information content (AvgIpc) is 2.77. The van der Waals surface area contributed by atoms with Crippen LogP contribution in [0.5, 0.6) is 0 Å². The Balaban J connectivity index is 2.36. The van der Waals surface area contributed by atoms with Crippen LogP contribution in [0.2, 0.25) is 5.02 Å². The molecule has 0 saturated carbocycles. The van der Waals surface area contributed by atoms with Crippen molar-refractivity contribution in [2.45, 2.75) is 39.3 Å². The third-order valence-electron chi connectivity index (χ3n) is 3.68. The van der Waals surface area contributed by atoms with Crippen LogP contribution in [0.15, 0.2) is 18.2 Å². The van der Waals surface area contributed by atoms with Gasteiger partial charge in [0.2, 0.25) is 0 Å². The monoisotopic (exact) mass is 252 g/mol. The summed E-state index contributed by atoms with van der Waals surface area (Å²) < 4.78 is 0. The molecule has 17 heavy (non-hydrogen) atoms. The lowest BCUT2D eigenvalue weighted by atomic mass is 10.0. The molecule has 1 aliphatic heterocycles. The van der Waals surface area contributed by atoms with Gasteiger partial charge < -0.3 is 10.6 Å². The normalized spacial score (nSPS) is 20.3. The molecule has 1 saturated heterocycles. The highest BCUT2D eigenvalue weighted by atomic mass is 35.5. The van der Waals surface area contributed by atoms with Crippen LogP contribution in [-0.4, -0.2) is 12.6 Å². The highest BCUT2D eigenvalue weighted by Crippen LogP contribution is 2.34. The predicted molar refractivity (Wildman–Crippen MR) is 74.5 cm³/mol. The lowest BCUT2D eigenvalue weighted by molar-refractivity contribution is 0.491. The van der Waals surface area contributed by atoms with E-state index in [9.17, 15) is 0 Å². The van der Waals surface area contributed by atoms with E-state index in [2.05, 4.69) is 24.8 Å². The molecular formula is C14H21ClN2. The molecule has 1 fully saturated rings. The van der Waals surface area contributed by atoms with Crippen molar-refractivity contribution in [3.8, 4) is 0 Å². The van der Waals surface area contributed by atoms with Crippen LogP contribution < -0.4 is 10.6 Å². The molecule has 1 atom stereocenters. The van der Waals surface area contributed by atoms with E-state index in [1.165, 1.54) is 18.5 Å². The van der Waals surface area contributed by atoms with E-state index >= 15 is 0 Å². The summed E-state index contributed by atoms with van der Waals surface area (Å²) in [6.07, 6.45) is 2.54. The van der Waals surface area contributed by atoms with E-state index in [-0.39, 0.29) is 0 Å². The standard InChI is InChI=1S/C14H21ClN2/c1-10(2)13-7-4-8-17(13)14-6-3-5-12(15)11(14)9-16/h3,5-6,10,13H,4,7-9,16H2,1-2H3. The first-order chi connectivity index (χ1) is 8.15. The van der Waals surface area contributed by atoms with Gasteiger partial charge in [-0.1, -0.05) is 31.5 Å². The topological polar surface area (TPSA) is 29.3 Å². The summed E-state index contributed by atoms with van der Waals surface area (Å²) in [5.41, 5.74) is 8.15. The van der Waals surface area contributed by atoms with Crippen molar-refractivity contribution in [2.75, 3.05) is 11.4 Å². The van der Waals surface area contributed by atoms with Crippen LogP contribution in [0.25, 0.3) is 0 Å². The molecule has 2 nitrogen and oxygen atoms in total. The Labute approximate surface area is 109 Å². The van der Waals surface area contributed by atoms with E-state index in [1.54, 1.807) is 0 Å². The highest BCUT2D eigenvalue weighted by Gasteiger charge is 2.28. The minimum Gasteiger partial charge on any atom is -0.368 e. The third-order valence-corrected chi connectivity index (χ3v) is 4.03. The SMILES string of the molecule is CC(C)C1CCCN1c1cccc(Cl)c1CN. The second-order valence-electron chi connectivity index (χ2n) is 5.09. The molecule has 1 aliphatic rings. The summed E-state index contributed by atoms with van der Waals surface area (Å²) in [5, 5.41) is 0.791. The van der Waals surface area contributed by atoms with Crippen molar-refractivity contribution in [3.05, 3.63) is 28.8 Å². The van der Waals surface area contributed by atoms with E-state index in [4.69, 9.17) is 17.3 Å². The summed E-state index contributed by atoms with van der Waals surface area (Å²) in [6.45, 7) is 6.21. The number of benzene rings is 1. The molecule has 94 valence electrons. The second kappa shape index (κ2) is 5.28. The van der Waals surface area contributed by atoms with Crippen molar-refractivity contribution in [1.29, 1.82) is 0 Å². The highest BCUT2D eigenvalue weighted by molar-refractivity contribution is 6.31. The third kappa shape index (κ3) is 2.43. The smallest absolute Gasteiger partial charge is 0.0471 e. The summed E-state index contributed by atoms with van der Waals surface area (Å²) in [5.74, 6) is 0.669. The van der Waals surface area contributed by atoms with Gasteiger partial charge in [0, 0.05) is 35.4 Å². The molecule has 1 heterocycles. The second-order valence-corrected chi connectivity index (χ2v) is 5.50. The first kappa shape index (κ1) is 12.7. The van der Waals surface area contributed by atoms with Crippen LogP contribution in [0.1, 0.15) is 32.3 Å². The molecular weight excluding hydrogens is 232 g/mol. The lowest BCUT2D eigenvalue weighted by Crippen LogP contribution is -2.34. The maximum Gasteiger partial charge on any atom is 0.0471 e. The van der Waals surface area contributed by atoms with Crippen LogP contribution >= 0.6 is 11.6 Å². The summed E-state index contributed by atoms with van der Waals surface area (Å²) in [7, 11) is 0. The molecule has 3 heteroatoms. The van der Waals surface area contributed by atoms with Gasteiger partial charge in [-0.25, -0.2) is 0 Å². The van der Waals surface area contributed by atoms with Gasteiger partial charge in [0.25, 0.3) is 0 Å². The fourth-order valence-electron chi connectivity index (χ4n) is 2.80. The summed E-state index contributed by atoms with van der Waals surface area (Å²) in [6, 6.07) is 6.72. The summed E-state index contributed by atoms with van der Waals surface area (Å²) >= 11 is 6.23. The molecule has 0 radical (unpaired) electrons. The van der Waals surface area contributed by atoms with Crippen LogP contribution in [-0.2, 0) is 6.54 Å². The molecule has 0 spiro atoms. The number of nitrogens with zero attached hydrogens (tertiary/aromatic N) is 1. The first-order valence-corrected chi connectivity index (χ1v) is 6.77. The predicted octanol–water partition coefficient (Wildman–Crippen LogP) is 3.42. The molecule has 0 amide bonds. The van der Waals surface area contributed by atoms with Crippen molar-refractivity contribution < 1.29 is 0 Å². The molecule has 2 rings (SSSR count). The molecule has 0 aliphatic carbocycles. The fraction of sp³-hybridized carbons (Fsp3) is 0.571. The van der Waals surface area contributed by atoms with E-state index in [0.29, 0.717) is 18.5 Å². The lowest BCUT2D eigenvalue weighted by Gasteiger charge is -2.31. The molecule has 0 bridgehead atoms. The fourth-order valence-corrected chi connectivity index (χ4v) is 3.05. The molecule has 1 unspecified atom stereocenters. The van der Waals surface area contributed by atoms with Gasteiger partial charge >= 0.3 is 0 Å². The van der Waals surface area contributed by atoms with Crippen LogP contribution in [0.4, 0.5) is 5.69 Å². The van der Waals surface area contributed by atoms with Gasteiger partial charge in [-0.05, 0) is 30.9 Å². The zero-order valence-corrected chi connectivity index (χ0v) is 11.4. The number of halogens is 1. The maximum absolute atomic E-state index is 6.23. The Hall–Kier alpha value is -0.730. The van der Waals surface area contributed by atoms with Gasteiger partial charge in [0.05, 0.1) is 0 Å². The molecule has 2 N–H and O–H groups in total. The number of hydrogen-bond donors (Lipinski definition) is 1. The van der Waals surface area contributed by atoms with E-state index < -0.39 is 0 Å². The van der Waals surface area contributed by atoms with E-state index in [1.807, 2.05) is 12.1 Å². The van der Waals surface area contributed by atoms with Gasteiger partial charge in [-0.3, -0.25) is 0 Å². The van der Waals surface area contributed by atoms with Gasteiger partial charge in [-0.15, -0.1) is 0 Å². The Kier molecular flexibility index (Phi) is 3.95. The van der Waals surface area contributed by atoms with Gasteiger partial charge in [-0.2, -0.15) is 0 Å². The maximum atomic E-state index is 6.23. The quantitative estimate of drug-likeness (QED) is 0.893. The van der Waals surface area contributed by atoms with Crippen LogP contribution in [0.3, 0.4) is 0 Å². The summed E-state index contributed by atoms with van der Waals surface area (Å²) in [4.78, 5) is 2.48. The van der Waals surface area contributed by atoms with Crippen molar-refractivity contribution >= 4 is 17.3 Å². The Morgan fingerprint density at radius 3 is 2.88 bits per heavy atom. The first-order valence-electron chi connectivity index (χ1n) is 6.39. The van der Waals surface area contributed by atoms with Gasteiger partial charge in [0.15, 0.2) is 0 Å². The average molecular weight is 253 g/mol. The minimum absolute atomic E-state index is 0.510. The number of hydrogen-bond acceptors (Lipinski definition) is 2. The van der Waals surface area contributed by atoms with Crippen molar-refractivity contribution in [1.82, 2.24) is 0 Å². The van der Waals surface area contributed by atoms with Gasteiger partial charge in [0.1, 0.15) is 0 Å². The number of nitrogens with two attached hydrogens (primary N) is 1. The molecule has 0 aromatic heterocycles. The molecule has 1 aromatic carbocycles. The van der Waals surface area contributed by atoms with E-state index in [0.717, 1.165) is 17.1 Å². The Morgan fingerprint density at radius 2 is 2.24 bits per heavy atom. The minimum atomic E-state index is 0.510.